The molecule has 4 nitrogen and oxygen atoms in total. The van der Waals surface area contributed by atoms with Crippen LogP contribution in [0, 0.1) is 0 Å². The summed E-state index contributed by atoms with van der Waals surface area (Å²) in [6.07, 6.45) is 0.362. The van der Waals surface area contributed by atoms with Crippen molar-refractivity contribution in [2.75, 3.05) is 6.54 Å². The van der Waals surface area contributed by atoms with Crippen LogP contribution in [0.25, 0.3) is 11.1 Å². The molecule has 2 N–H and O–H groups in total. The van der Waals surface area contributed by atoms with Crippen molar-refractivity contribution in [2.24, 2.45) is 5.73 Å². The Labute approximate surface area is 99.8 Å². The molecule has 0 aliphatic carbocycles. The molecule has 2 aromatic rings. The largest absolute Gasteiger partial charge is 0.440 e. The zero-order chi connectivity index (χ0) is 12.4. The summed E-state index contributed by atoms with van der Waals surface area (Å²) in [5, 5.41) is 0. The quantitative estimate of drug-likeness (QED) is 0.822. The average molecular weight is 232 g/mol. The highest BCUT2D eigenvalue weighted by Gasteiger charge is 2.11. The predicted octanol–water partition coefficient (Wildman–Crippen LogP) is 2.48. The molecule has 90 valence electrons. The fourth-order valence-electron chi connectivity index (χ4n) is 1.64. The van der Waals surface area contributed by atoms with Crippen LogP contribution in [0.3, 0.4) is 0 Å². The Balaban J connectivity index is 2.40. The van der Waals surface area contributed by atoms with Gasteiger partial charge in [-0.1, -0.05) is 13.8 Å². The first kappa shape index (κ1) is 11.8. The summed E-state index contributed by atoms with van der Waals surface area (Å²) < 4.78 is 5.58. The summed E-state index contributed by atoms with van der Waals surface area (Å²) in [7, 11) is 0. The molecule has 0 fully saturated rings. The Morgan fingerprint density at radius 1 is 1.47 bits per heavy atom. The van der Waals surface area contributed by atoms with E-state index in [1.54, 1.807) is 18.2 Å². The van der Waals surface area contributed by atoms with Crippen molar-refractivity contribution in [1.82, 2.24) is 4.98 Å². The molecule has 0 unspecified atom stereocenters. The fraction of sp³-hybridized carbons (Fsp3) is 0.385. The van der Waals surface area contributed by atoms with E-state index in [9.17, 15) is 4.79 Å². The molecule has 1 aromatic heterocycles. The van der Waals surface area contributed by atoms with Crippen LogP contribution in [0.2, 0.25) is 0 Å². The molecule has 17 heavy (non-hydrogen) atoms. The van der Waals surface area contributed by atoms with Crippen molar-refractivity contribution in [3.05, 3.63) is 29.7 Å². The van der Waals surface area contributed by atoms with Crippen LogP contribution < -0.4 is 5.73 Å². The summed E-state index contributed by atoms with van der Waals surface area (Å²) in [5.74, 6) is 0.984. The minimum atomic E-state index is 0.0449. The molecule has 0 saturated heterocycles. The SMILES string of the molecule is CC(C)c1nc2cc(C(=O)CCN)ccc2o1. The number of nitrogens with zero attached hydrogens (tertiary/aromatic N) is 1. The van der Waals surface area contributed by atoms with E-state index in [0.29, 0.717) is 24.4 Å². The monoisotopic (exact) mass is 232 g/mol. The Hall–Kier alpha value is -1.68. The van der Waals surface area contributed by atoms with Crippen LogP contribution in [0.5, 0.6) is 0 Å². The van der Waals surface area contributed by atoms with E-state index < -0.39 is 0 Å². The molecule has 0 spiro atoms. The minimum absolute atomic E-state index is 0.0449. The van der Waals surface area contributed by atoms with Gasteiger partial charge >= 0.3 is 0 Å². The number of fused-ring (bicyclic) bond motifs is 1. The predicted molar refractivity (Wildman–Crippen MR) is 66.1 cm³/mol. The van der Waals surface area contributed by atoms with Gasteiger partial charge in [-0.2, -0.15) is 0 Å². The number of nitrogens with two attached hydrogens (primary N) is 1. The highest BCUT2D eigenvalue weighted by atomic mass is 16.3. The third-order valence-electron chi connectivity index (χ3n) is 2.59. The van der Waals surface area contributed by atoms with Gasteiger partial charge in [-0.05, 0) is 24.7 Å². The fourth-order valence-corrected chi connectivity index (χ4v) is 1.64. The van der Waals surface area contributed by atoms with Crippen LogP contribution in [-0.2, 0) is 0 Å². The maximum atomic E-state index is 11.7. The van der Waals surface area contributed by atoms with Crippen LogP contribution in [0.1, 0.15) is 42.4 Å². The first-order chi connectivity index (χ1) is 8.11. The summed E-state index contributed by atoms with van der Waals surface area (Å²) in [5.41, 5.74) is 7.47. The molecule has 0 saturated carbocycles. The number of benzene rings is 1. The third-order valence-corrected chi connectivity index (χ3v) is 2.59. The van der Waals surface area contributed by atoms with E-state index in [-0.39, 0.29) is 11.7 Å². The molecule has 4 heteroatoms. The van der Waals surface area contributed by atoms with Gasteiger partial charge in [0.05, 0.1) is 0 Å². The van der Waals surface area contributed by atoms with Crippen molar-refractivity contribution in [3.8, 4) is 0 Å². The number of rotatable bonds is 4. The first-order valence-electron chi connectivity index (χ1n) is 5.75. The topological polar surface area (TPSA) is 69.1 Å². The van der Waals surface area contributed by atoms with Crippen molar-refractivity contribution in [2.45, 2.75) is 26.2 Å². The molecule has 0 aliphatic rings. The number of Topliss-reactive ketones (excluding diaryl/α,β-unsaturated/α-hetero) is 1. The second-order valence-corrected chi connectivity index (χ2v) is 4.35. The Bertz CT molecular complexity index is 543. The van der Waals surface area contributed by atoms with Gasteiger partial charge in [0.2, 0.25) is 0 Å². The van der Waals surface area contributed by atoms with E-state index in [4.69, 9.17) is 10.2 Å². The molecule has 1 heterocycles. The van der Waals surface area contributed by atoms with Gasteiger partial charge in [-0.15, -0.1) is 0 Å². The summed E-state index contributed by atoms with van der Waals surface area (Å²) in [6.45, 7) is 4.41. The van der Waals surface area contributed by atoms with Crippen LogP contribution in [-0.4, -0.2) is 17.3 Å². The number of hydrogen-bond donors (Lipinski definition) is 1. The molecule has 0 amide bonds. The summed E-state index contributed by atoms with van der Waals surface area (Å²) >= 11 is 0. The van der Waals surface area contributed by atoms with Crippen LogP contribution in [0.15, 0.2) is 22.6 Å². The summed E-state index contributed by atoms with van der Waals surface area (Å²) in [4.78, 5) is 16.1. The van der Waals surface area contributed by atoms with Gasteiger partial charge in [0, 0.05) is 17.9 Å². The lowest BCUT2D eigenvalue weighted by Crippen LogP contribution is -2.07. The van der Waals surface area contributed by atoms with E-state index in [1.807, 2.05) is 13.8 Å². The third kappa shape index (κ3) is 2.36. The molecule has 1 aromatic carbocycles. The normalized spacial score (nSPS) is 11.3. The van der Waals surface area contributed by atoms with E-state index in [0.717, 1.165) is 11.1 Å². The van der Waals surface area contributed by atoms with Crippen LogP contribution >= 0.6 is 0 Å². The van der Waals surface area contributed by atoms with Gasteiger partial charge in [0.1, 0.15) is 5.52 Å². The zero-order valence-electron chi connectivity index (χ0n) is 10.1. The smallest absolute Gasteiger partial charge is 0.198 e. The molecular weight excluding hydrogens is 216 g/mol. The van der Waals surface area contributed by atoms with Crippen molar-refractivity contribution < 1.29 is 9.21 Å². The Morgan fingerprint density at radius 3 is 2.88 bits per heavy atom. The van der Waals surface area contributed by atoms with Crippen molar-refractivity contribution >= 4 is 16.9 Å². The maximum absolute atomic E-state index is 11.7. The van der Waals surface area contributed by atoms with Gasteiger partial charge in [-0.3, -0.25) is 4.79 Å². The van der Waals surface area contributed by atoms with Crippen molar-refractivity contribution in [3.63, 3.8) is 0 Å². The molecular formula is C13H16N2O2. The van der Waals surface area contributed by atoms with E-state index >= 15 is 0 Å². The molecule has 0 atom stereocenters. The van der Waals surface area contributed by atoms with Crippen molar-refractivity contribution in [1.29, 1.82) is 0 Å². The molecule has 2 rings (SSSR count). The lowest BCUT2D eigenvalue weighted by atomic mass is 10.1. The second-order valence-electron chi connectivity index (χ2n) is 4.35. The number of oxazole rings is 1. The Kier molecular flexibility index (Phi) is 3.24. The van der Waals surface area contributed by atoms with E-state index in [1.165, 1.54) is 0 Å². The number of hydrogen-bond acceptors (Lipinski definition) is 4. The molecule has 0 aliphatic heterocycles. The van der Waals surface area contributed by atoms with E-state index in [2.05, 4.69) is 4.98 Å². The number of carbonyl (C=O) groups excluding carboxylic acids is 1. The van der Waals surface area contributed by atoms with Crippen LogP contribution in [0.4, 0.5) is 0 Å². The maximum Gasteiger partial charge on any atom is 0.198 e. The van der Waals surface area contributed by atoms with Gasteiger partial charge in [-0.25, -0.2) is 4.98 Å². The van der Waals surface area contributed by atoms with Gasteiger partial charge in [0.25, 0.3) is 0 Å². The number of aromatic nitrogens is 1. The zero-order valence-corrected chi connectivity index (χ0v) is 10.1. The number of carbonyl (C=O) groups is 1. The molecule has 0 bridgehead atoms. The highest BCUT2D eigenvalue weighted by Crippen LogP contribution is 2.22. The molecule has 0 radical (unpaired) electrons. The minimum Gasteiger partial charge on any atom is -0.440 e. The lowest BCUT2D eigenvalue weighted by molar-refractivity contribution is 0.0985. The standard InChI is InChI=1S/C13H16N2O2/c1-8(2)13-15-10-7-9(11(16)5-6-14)3-4-12(10)17-13/h3-4,7-8H,5-6,14H2,1-2H3. The number of ketones is 1. The lowest BCUT2D eigenvalue weighted by Gasteiger charge is -1.97. The Morgan fingerprint density at radius 2 is 2.24 bits per heavy atom. The van der Waals surface area contributed by atoms with Gasteiger partial charge in [0.15, 0.2) is 17.3 Å². The summed E-state index contributed by atoms with van der Waals surface area (Å²) in [6, 6.07) is 5.32. The second kappa shape index (κ2) is 4.67. The first-order valence-corrected chi connectivity index (χ1v) is 5.75. The average Bonchev–Trinajstić information content (AvgIpc) is 2.71. The van der Waals surface area contributed by atoms with Gasteiger partial charge < -0.3 is 10.2 Å². The highest BCUT2D eigenvalue weighted by molar-refractivity contribution is 5.98.